The molecule has 1 saturated carbocycles. The molecule has 0 aromatic carbocycles. The van der Waals surface area contributed by atoms with Crippen molar-refractivity contribution >= 4 is 5.91 Å². The molecule has 2 rings (SSSR count). The fraction of sp³-hybridized carbons (Fsp3) is 0.929. The zero-order valence-corrected chi connectivity index (χ0v) is 11.2. The van der Waals surface area contributed by atoms with Gasteiger partial charge < -0.3 is 10.2 Å². The molecule has 0 radical (unpaired) electrons. The SMILES string of the molecule is CC1CC1C(=O)NCCCN1CCCCC1C. The van der Waals surface area contributed by atoms with E-state index < -0.39 is 0 Å². The predicted octanol–water partition coefficient (Wildman–Crippen LogP) is 2.02. The van der Waals surface area contributed by atoms with Crippen molar-refractivity contribution in [3.05, 3.63) is 0 Å². The Kier molecular flexibility index (Phi) is 4.43. The van der Waals surface area contributed by atoms with Crippen LogP contribution in [0.5, 0.6) is 0 Å². The van der Waals surface area contributed by atoms with Crippen LogP contribution in [0.15, 0.2) is 0 Å². The maximum Gasteiger partial charge on any atom is 0.223 e. The molecule has 2 aliphatic rings. The lowest BCUT2D eigenvalue weighted by atomic mass is 10.0. The first-order valence-corrected chi connectivity index (χ1v) is 7.20. The van der Waals surface area contributed by atoms with Gasteiger partial charge in [0, 0.05) is 25.0 Å². The van der Waals surface area contributed by atoms with Crippen LogP contribution in [0.1, 0.15) is 46.0 Å². The number of hydrogen-bond donors (Lipinski definition) is 1. The topological polar surface area (TPSA) is 32.3 Å². The van der Waals surface area contributed by atoms with Crippen molar-refractivity contribution in [1.82, 2.24) is 10.2 Å². The molecule has 3 heteroatoms. The monoisotopic (exact) mass is 238 g/mol. The number of piperidine rings is 1. The summed E-state index contributed by atoms with van der Waals surface area (Å²) in [5.74, 6) is 1.23. The molecule has 3 unspecified atom stereocenters. The van der Waals surface area contributed by atoms with Crippen molar-refractivity contribution in [1.29, 1.82) is 0 Å². The summed E-state index contributed by atoms with van der Waals surface area (Å²) >= 11 is 0. The summed E-state index contributed by atoms with van der Waals surface area (Å²) in [6.45, 7) is 7.71. The zero-order valence-electron chi connectivity index (χ0n) is 11.2. The number of nitrogens with one attached hydrogen (secondary N) is 1. The molecule has 1 heterocycles. The maximum atomic E-state index is 11.6. The highest BCUT2D eigenvalue weighted by molar-refractivity contribution is 5.81. The molecule has 1 aliphatic carbocycles. The summed E-state index contributed by atoms with van der Waals surface area (Å²) in [6, 6.07) is 0.739. The fourth-order valence-corrected chi connectivity index (χ4v) is 2.80. The smallest absolute Gasteiger partial charge is 0.223 e. The minimum Gasteiger partial charge on any atom is -0.356 e. The van der Waals surface area contributed by atoms with Gasteiger partial charge in [-0.1, -0.05) is 13.3 Å². The van der Waals surface area contributed by atoms with E-state index in [1.54, 1.807) is 0 Å². The maximum absolute atomic E-state index is 11.6. The van der Waals surface area contributed by atoms with Crippen LogP contribution in [0.25, 0.3) is 0 Å². The number of amides is 1. The number of carbonyl (C=O) groups excluding carboxylic acids is 1. The van der Waals surface area contributed by atoms with Crippen molar-refractivity contribution < 1.29 is 4.79 Å². The van der Waals surface area contributed by atoms with Gasteiger partial charge in [0.05, 0.1) is 0 Å². The number of rotatable bonds is 5. The summed E-state index contributed by atoms with van der Waals surface area (Å²) < 4.78 is 0. The molecule has 0 spiro atoms. The van der Waals surface area contributed by atoms with Crippen LogP contribution in [0.2, 0.25) is 0 Å². The molecule has 17 heavy (non-hydrogen) atoms. The molecule has 3 atom stereocenters. The van der Waals surface area contributed by atoms with Crippen LogP contribution in [-0.4, -0.2) is 36.5 Å². The Labute approximate surface area is 105 Å². The Morgan fingerprint density at radius 3 is 2.76 bits per heavy atom. The summed E-state index contributed by atoms with van der Waals surface area (Å²) in [5.41, 5.74) is 0. The highest BCUT2D eigenvalue weighted by Gasteiger charge is 2.38. The summed E-state index contributed by atoms with van der Waals surface area (Å²) in [6.07, 6.45) is 6.25. The Morgan fingerprint density at radius 1 is 1.35 bits per heavy atom. The van der Waals surface area contributed by atoms with Gasteiger partial charge in [-0.3, -0.25) is 4.79 Å². The van der Waals surface area contributed by atoms with Crippen molar-refractivity contribution in [2.24, 2.45) is 11.8 Å². The van der Waals surface area contributed by atoms with Gasteiger partial charge in [-0.25, -0.2) is 0 Å². The molecule has 0 aromatic rings. The second-order valence-corrected chi connectivity index (χ2v) is 5.84. The van der Waals surface area contributed by atoms with Crippen molar-refractivity contribution in [3.63, 3.8) is 0 Å². The number of hydrogen-bond acceptors (Lipinski definition) is 2. The first-order chi connectivity index (χ1) is 8.18. The molecule has 1 saturated heterocycles. The second-order valence-electron chi connectivity index (χ2n) is 5.84. The Morgan fingerprint density at radius 2 is 2.12 bits per heavy atom. The summed E-state index contributed by atoms with van der Waals surface area (Å²) in [7, 11) is 0. The quantitative estimate of drug-likeness (QED) is 0.743. The van der Waals surface area contributed by atoms with Crippen molar-refractivity contribution in [2.75, 3.05) is 19.6 Å². The van der Waals surface area contributed by atoms with Crippen LogP contribution in [0.4, 0.5) is 0 Å². The molecule has 2 fully saturated rings. The normalized spacial score (nSPS) is 33.4. The van der Waals surface area contributed by atoms with E-state index in [9.17, 15) is 4.79 Å². The molecule has 1 amide bonds. The number of carbonyl (C=O) groups is 1. The highest BCUT2D eigenvalue weighted by atomic mass is 16.2. The van der Waals surface area contributed by atoms with Crippen molar-refractivity contribution in [2.45, 2.75) is 52.0 Å². The average Bonchev–Trinajstić information content (AvgIpc) is 3.04. The van der Waals surface area contributed by atoms with E-state index in [2.05, 4.69) is 24.1 Å². The van der Waals surface area contributed by atoms with Crippen LogP contribution in [0, 0.1) is 11.8 Å². The molecule has 0 bridgehead atoms. The molecule has 1 N–H and O–H groups in total. The van der Waals surface area contributed by atoms with E-state index in [1.165, 1.54) is 25.8 Å². The molecular weight excluding hydrogens is 212 g/mol. The highest BCUT2D eigenvalue weighted by Crippen LogP contribution is 2.37. The lowest BCUT2D eigenvalue weighted by Gasteiger charge is -2.33. The minimum atomic E-state index is 0.282. The van der Waals surface area contributed by atoms with Crippen LogP contribution in [0.3, 0.4) is 0 Å². The van der Waals surface area contributed by atoms with Crippen LogP contribution < -0.4 is 5.32 Å². The van der Waals surface area contributed by atoms with E-state index >= 15 is 0 Å². The second kappa shape index (κ2) is 5.85. The first-order valence-electron chi connectivity index (χ1n) is 7.20. The summed E-state index contributed by atoms with van der Waals surface area (Å²) in [5, 5.41) is 3.06. The van der Waals surface area contributed by atoms with Crippen molar-refractivity contribution in [3.8, 4) is 0 Å². The van der Waals surface area contributed by atoms with Crippen LogP contribution in [-0.2, 0) is 4.79 Å². The standard InChI is InChI=1S/C14H26N2O/c1-11-10-13(11)14(17)15-7-5-9-16-8-4-3-6-12(16)2/h11-13H,3-10H2,1-2H3,(H,15,17). The third-order valence-electron chi connectivity index (χ3n) is 4.31. The molecule has 3 nitrogen and oxygen atoms in total. The average molecular weight is 238 g/mol. The first kappa shape index (κ1) is 12.9. The van der Waals surface area contributed by atoms with Gasteiger partial charge in [-0.15, -0.1) is 0 Å². The van der Waals surface area contributed by atoms with Crippen LogP contribution >= 0.6 is 0 Å². The van der Waals surface area contributed by atoms with Gasteiger partial charge >= 0.3 is 0 Å². The third kappa shape index (κ3) is 3.70. The van der Waals surface area contributed by atoms with E-state index in [0.29, 0.717) is 11.8 Å². The number of nitrogens with zero attached hydrogens (tertiary/aromatic N) is 1. The predicted molar refractivity (Wildman–Crippen MR) is 69.8 cm³/mol. The van der Waals surface area contributed by atoms with E-state index in [1.807, 2.05) is 0 Å². The van der Waals surface area contributed by atoms with Gasteiger partial charge in [0.1, 0.15) is 0 Å². The van der Waals surface area contributed by atoms with E-state index in [0.717, 1.165) is 32.0 Å². The fourth-order valence-electron chi connectivity index (χ4n) is 2.80. The molecule has 98 valence electrons. The minimum absolute atomic E-state index is 0.282. The third-order valence-corrected chi connectivity index (χ3v) is 4.31. The molecular formula is C14H26N2O. The van der Waals surface area contributed by atoms with Gasteiger partial charge in [0.15, 0.2) is 0 Å². The zero-order chi connectivity index (χ0) is 12.3. The Hall–Kier alpha value is -0.570. The Balaban J connectivity index is 1.55. The lowest BCUT2D eigenvalue weighted by Crippen LogP contribution is -2.39. The molecule has 1 aliphatic heterocycles. The number of likely N-dealkylation sites (tertiary alicyclic amines) is 1. The van der Waals surface area contributed by atoms with Gasteiger partial charge in [-0.2, -0.15) is 0 Å². The largest absolute Gasteiger partial charge is 0.356 e. The molecule has 0 aromatic heterocycles. The summed E-state index contributed by atoms with van der Waals surface area (Å²) in [4.78, 5) is 14.2. The van der Waals surface area contributed by atoms with E-state index in [-0.39, 0.29) is 5.91 Å². The van der Waals surface area contributed by atoms with Gasteiger partial charge in [0.2, 0.25) is 5.91 Å². The Bertz CT molecular complexity index is 267. The van der Waals surface area contributed by atoms with Gasteiger partial charge in [-0.05, 0) is 45.1 Å². The van der Waals surface area contributed by atoms with Gasteiger partial charge in [0.25, 0.3) is 0 Å². The van der Waals surface area contributed by atoms with E-state index in [4.69, 9.17) is 0 Å². The lowest BCUT2D eigenvalue weighted by molar-refractivity contribution is -0.122.